The van der Waals surface area contributed by atoms with E-state index in [0.717, 1.165) is 5.56 Å². The molecule has 0 radical (unpaired) electrons. The fraction of sp³-hybridized carbons (Fsp3) is 0.412. The smallest absolute Gasteiger partial charge is 0.328 e. The van der Waals surface area contributed by atoms with E-state index in [9.17, 15) is 19.2 Å². The van der Waals surface area contributed by atoms with Gasteiger partial charge in [0.25, 0.3) is 0 Å². The van der Waals surface area contributed by atoms with Crippen LogP contribution in [0.5, 0.6) is 0 Å². The molecule has 1 aromatic rings. The van der Waals surface area contributed by atoms with Crippen LogP contribution in [-0.4, -0.2) is 65.0 Å². The number of ether oxygens (including phenoxy) is 1. The average Bonchev–Trinajstić information content (AvgIpc) is 2.66. The number of esters is 1. The minimum atomic E-state index is -1.22. The topological polar surface area (TPSA) is 182 Å². The van der Waals surface area contributed by atoms with Crippen LogP contribution in [0.2, 0.25) is 0 Å². The number of hydrogen-bond donors (Lipinski definition) is 6. The predicted molar refractivity (Wildman–Crippen MR) is 104 cm³/mol. The first-order valence-electron chi connectivity index (χ1n) is 8.11. The van der Waals surface area contributed by atoms with Crippen molar-refractivity contribution in [2.45, 2.75) is 31.0 Å². The van der Waals surface area contributed by atoms with E-state index in [0.29, 0.717) is 0 Å². The van der Waals surface area contributed by atoms with Crippen LogP contribution in [0.15, 0.2) is 30.3 Å². The normalized spacial score (nSPS) is 13.1. The molecular formula is C17H25N3O7S. The maximum atomic E-state index is 11.8. The average molecular weight is 415 g/mol. The molecular weight excluding hydrogens is 390 g/mol. The van der Waals surface area contributed by atoms with Crippen molar-refractivity contribution in [2.75, 3.05) is 12.9 Å². The van der Waals surface area contributed by atoms with Crippen molar-refractivity contribution in [2.24, 2.45) is 11.5 Å². The van der Waals surface area contributed by atoms with Crippen LogP contribution in [0.25, 0.3) is 0 Å². The van der Waals surface area contributed by atoms with Gasteiger partial charge in [0.1, 0.15) is 12.1 Å². The first-order valence-corrected chi connectivity index (χ1v) is 8.74. The Morgan fingerprint density at radius 3 is 2.07 bits per heavy atom. The van der Waals surface area contributed by atoms with Gasteiger partial charge in [-0.25, -0.2) is 4.79 Å². The number of hydrogen-bond acceptors (Lipinski definition) is 8. The van der Waals surface area contributed by atoms with Gasteiger partial charge in [0, 0.05) is 12.2 Å². The summed E-state index contributed by atoms with van der Waals surface area (Å²) in [6.07, 6.45) is -0.274. The van der Waals surface area contributed by atoms with E-state index in [1.165, 1.54) is 7.11 Å². The van der Waals surface area contributed by atoms with Crippen molar-refractivity contribution < 1.29 is 34.1 Å². The third-order valence-electron chi connectivity index (χ3n) is 3.33. The van der Waals surface area contributed by atoms with Crippen LogP contribution in [0.1, 0.15) is 12.0 Å². The molecule has 0 heterocycles. The third-order valence-corrected chi connectivity index (χ3v) is 3.72. The molecule has 0 saturated carbocycles. The van der Waals surface area contributed by atoms with Gasteiger partial charge < -0.3 is 31.7 Å². The maximum absolute atomic E-state index is 11.8. The Kier molecular flexibility index (Phi) is 12.3. The molecule has 7 N–H and O–H groups in total. The van der Waals surface area contributed by atoms with E-state index in [1.54, 1.807) is 12.1 Å². The van der Waals surface area contributed by atoms with Crippen molar-refractivity contribution in [1.29, 1.82) is 0 Å². The summed E-state index contributed by atoms with van der Waals surface area (Å²) in [6, 6.07) is 6.11. The predicted octanol–water partition coefficient (Wildman–Crippen LogP) is -0.983. The highest BCUT2D eigenvalue weighted by Gasteiger charge is 2.25. The summed E-state index contributed by atoms with van der Waals surface area (Å²) in [5, 5.41) is 19.0. The molecule has 1 unspecified atom stereocenters. The zero-order valence-electron chi connectivity index (χ0n) is 15.3. The third kappa shape index (κ3) is 10.5. The molecule has 0 aliphatic rings. The number of methoxy groups -OCH3 is 1. The molecule has 0 saturated heterocycles. The van der Waals surface area contributed by atoms with Gasteiger partial charge in [-0.15, -0.1) is 0 Å². The number of thiol groups is 1. The molecule has 28 heavy (non-hydrogen) atoms. The second kappa shape index (κ2) is 13.5. The number of benzene rings is 1. The SMILES string of the molecule is COC(=O)[C@H](Cc1ccccc1)NC(=O)[C@@H](N)CC(=O)O.NC(CS)C(=O)O. The Labute approximate surface area is 167 Å². The zero-order chi connectivity index (χ0) is 21.7. The second-order valence-corrected chi connectivity index (χ2v) is 5.97. The molecule has 156 valence electrons. The number of nitrogens with two attached hydrogens (primary N) is 2. The zero-order valence-corrected chi connectivity index (χ0v) is 16.2. The number of rotatable bonds is 9. The van der Waals surface area contributed by atoms with Crippen LogP contribution in [0.3, 0.4) is 0 Å². The first-order chi connectivity index (χ1) is 13.1. The summed E-state index contributed by atoms with van der Waals surface area (Å²) < 4.78 is 4.64. The van der Waals surface area contributed by atoms with E-state index >= 15 is 0 Å². The van der Waals surface area contributed by atoms with Gasteiger partial charge in [-0.2, -0.15) is 12.6 Å². The summed E-state index contributed by atoms with van der Waals surface area (Å²) in [5.74, 6) is -3.32. The Hall–Kier alpha value is -2.63. The standard InChI is InChI=1S/C14H18N2O5.C3H7NO2S/c1-21-14(20)11(7-9-5-3-2-4-6-9)16-13(19)10(15)8-12(17)18;4-2(1-7)3(5)6/h2-6,10-11H,7-8,15H2,1H3,(H,16,19)(H,17,18);2,7H,1,4H2,(H,5,6)/t10-,11-;/m0./s1. The molecule has 0 aliphatic carbocycles. The molecule has 0 aliphatic heterocycles. The summed E-state index contributed by atoms with van der Waals surface area (Å²) in [7, 11) is 1.21. The molecule has 0 bridgehead atoms. The Bertz CT molecular complexity index is 657. The number of carbonyl (C=O) groups is 4. The van der Waals surface area contributed by atoms with E-state index in [4.69, 9.17) is 21.7 Å². The summed E-state index contributed by atoms with van der Waals surface area (Å²) in [4.78, 5) is 43.8. The van der Waals surface area contributed by atoms with Crippen LogP contribution < -0.4 is 16.8 Å². The van der Waals surface area contributed by atoms with Crippen molar-refractivity contribution >= 4 is 36.4 Å². The van der Waals surface area contributed by atoms with E-state index < -0.39 is 48.4 Å². The van der Waals surface area contributed by atoms with Crippen LogP contribution in [-0.2, 0) is 30.3 Å². The van der Waals surface area contributed by atoms with Crippen molar-refractivity contribution in [3.63, 3.8) is 0 Å². The molecule has 1 aromatic carbocycles. The number of carbonyl (C=O) groups excluding carboxylic acids is 2. The number of carboxylic acid groups (broad SMARTS) is 2. The lowest BCUT2D eigenvalue weighted by Crippen LogP contribution is -2.50. The van der Waals surface area contributed by atoms with E-state index in [1.807, 2.05) is 18.2 Å². The van der Waals surface area contributed by atoms with Crippen molar-refractivity contribution in [1.82, 2.24) is 5.32 Å². The van der Waals surface area contributed by atoms with Crippen LogP contribution >= 0.6 is 12.6 Å². The highest BCUT2D eigenvalue weighted by Crippen LogP contribution is 2.05. The van der Waals surface area contributed by atoms with Gasteiger partial charge in [-0.05, 0) is 5.56 Å². The lowest BCUT2D eigenvalue weighted by atomic mass is 10.1. The highest BCUT2D eigenvalue weighted by molar-refractivity contribution is 7.80. The quantitative estimate of drug-likeness (QED) is 0.218. The largest absolute Gasteiger partial charge is 0.481 e. The van der Waals surface area contributed by atoms with Crippen LogP contribution in [0.4, 0.5) is 0 Å². The molecule has 0 fully saturated rings. The minimum Gasteiger partial charge on any atom is -0.481 e. The lowest BCUT2D eigenvalue weighted by molar-refractivity contribution is -0.145. The number of nitrogens with one attached hydrogen (secondary N) is 1. The number of carboxylic acids is 2. The van der Waals surface area contributed by atoms with Gasteiger partial charge in [-0.1, -0.05) is 30.3 Å². The number of amides is 1. The van der Waals surface area contributed by atoms with Gasteiger partial charge >= 0.3 is 17.9 Å². The monoisotopic (exact) mass is 415 g/mol. The first kappa shape index (κ1) is 25.4. The van der Waals surface area contributed by atoms with Crippen molar-refractivity contribution in [3.8, 4) is 0 Å². The van der Waals surface area contributed by atoms with Gasteiger partial charge in [0.2, 0.25) is 5.91 Å². The molecule has 10 nitrogen and oxygen atoms in total. The summed E-state index contributed by atoms with van der Waals surface area (Å²) in [6.45, 7) is 0. The molecule has 1 amide bonds. The van der Waals surface area contributed by atoms with E-state index in [-0.39, 0.29) is 12.2 Å². The minimum absolute atomic E-state index is 0.190. The highest BCUT2D eigenvalue weighted by atomic mass is 32.1. The van der Waals surface area contributed by atoms with E-state index in [2.05, 4.69) is 22.7 Å². The Morgan fingerprint density at radius 2 is 1.68 bits per heavy atom. The van der Waals surface area contributed by atoms with Gasteiger partial charge in [-0.3, -0.25) is 14.4 Å². The fourth-order valence-corrected chi connectivity index (χ4v) is 1.98. The summed E-state index contributed by atoms with van der Waals surface area (Å²) in [5.41, 5.74) is 11.2. The number of aliphatic carboxylic acids is 2. The second-order valence-electron chi connectivity index (χ2n) is 5.61. The fourth-order valence-electron chi connectivity index (χ4n) is 1.82. The molecule has 11 heteroatoms. The molecule has 3 atom stereocenters. The molecule has 0 spiro atoms. The molecule has 1 rings (SSSR count). The van der Waals surface area contributed by atoms with Gasteiger partial charge in [0.15, 0.2) is 0 Å². The van der Waals surface area contributed by atoms with Crippen LogP contribution in [0, 0.1) is 0 Å². The maximum Gasteiger partial charge on any atom is 0.328 e. The molecule has 0 aromatic heterocycles. The lowest BCUT2D eigenvalue weighted by Gasteiger charge is -2.18. The Morgan fingerprint density at radius 1 is 1.11 bits per heavy atom. The van der Waals surface area contributed by atoms with Gasteiger partial charge in [0.05, 0.1) is 19.6 Å². The summed E-state index contributed by atoms with van der Waals surface area (Å²) >= 11 is 3.65. The Balaban J connectivity index is 0.000000887. The van der Waals surface area contributed by atoms with Crippen molar-refractivity contribution in [3.05, 3.63) is 35.9 Å².